The average molecular weight is 576 g/mol. The predicted octanol–water partition coefficient (Wildman–Crippen LogP) is 11.8. The van der Waals surface area contributed by atoms with Crippen molar-refractivity contribution in [1.82, 2.24) is 0 Å². The van der Waals surface area contributed by atoms with Crippen LogP contribution in [0.15, 0.2) is 140 Å². The van der Waals surface area contributed by atoms with Crippen molar-refractivity contribution in [3.63, 3.8) is 0 Å². The van der Waals surface area contributed by atoms with Crippen LogP contribution >= 0.6 is 0 Å². The summed E-state index contributed by atoms with van der Waals surface area (Å²) in [5.74, 6) is 0. The Bertz CT molecular complexity index is 2470. The summed E-state index contributed by atoms with van der Waals surface area (Å²) in [6, 6.07) is 52.2. The molecular weight excluding hydrogens is 542 g/mol. The largest absolute Gasteiger partial charge is 0.344 e. The maximum Gasteiger partial charge on any atom is 0.0447 e. The third kappa shape index (κ3) is 4.01. The minimum Gasteiger partial charge on any atom is -0.344 e. The highest BCUT2D eigenvalue weighted by atomic mass is 15.1. The Labute approximate surface area is 264 Å². The fourth-order valence-electron chi connectivity index (χ4n) is 7.85. The summed E-state index contributed by atoms with van der Waals surface area (Å²) in [6.07, 6.45) is 2.11. The van der Waals surface area contributed by atoms with Crippen LogP contribution in [0.3, 0.4) is 0 Å². The number of aryl methyl sites for hydroxylation is 3. The molecule has 0 unspecified atom stereocenters. The van der Waals surface area contributed by atoms with Gasteiger partial charge >= 0.3 is 0 Å². The molecule has 1 nitrogen and oxygen atoms in total. The van der Waals surface area contributed by atoms with E-state index in [-0.39, 0.29) is 0 Å². The van der Waals surface area contributed by atoms with Crippen molar-refractivity contribution in [2.24, 2.45) is 0 Å². The normalized spacial score (nSPS) is 12.9. The van der Waals surface area contributed by atoms with Gasteiger partial charge in [-0.1, -0.05) is 127 Å². The lowest BCUT2D eigenvalue weighted by Crippen LogP contribution is -2.11. The smallest absolute Gasteiger partial charge is 0.0447 e. The molecular formula is C44H33N. The molecule has 1 heteroatoms. The van der Waals surface area contributed by atoms with Crippen LogP contribution in [0.5, 0.6) is 0 Å². The molecule has 0 amide bonds. The van der Waals surface area contributed by atoms with Gasteiger partial charge in [0.05, 0.1) is 0 Å². The van der Waals surface area contributed by atoms with E-state index in [0.29, 0.717) is 0 Å². The topological polar surface area (TPSA) is 3.24 Å². The molecule has 0 atom stereocenters. The standard InChI is InChI=1S/C44H33N/c1-28-19-24-38-39(25-28)43(32-23-22-30-21-20-29-11-4-10-18-41(29)45(2)42(30)27-32)36-16-8-9-17-37(36)44(38)40-26-31-12-3-5-13-33(31)34-14-6-7-15-35(34)40/h3-19,22-27H,20-21H2,1-2H3. The highest BCUT2D eigenvalue weighted by Crippen LogP contribution is 2.48. The summed E-state index contributed by atoms with van der Waals surface area (Å²) in [4.78, 5) is 2.40. The van der Waals surface area contributed by atoms with Crippen LogP contribution in [0.2, 0.25) is 0 Å². The summed E-state index contributed by atoms with van der Waals surface area (Å²) in [5.41, 5.74) is 11.9. The average Bonchev–Trinajstić information content (AvgIpc) is 3.23. The van der Waals surface area contributed by atoms with Gasteiger partial charge < -0.3 is 4.90 Å². The van der Waals surface area contributed by atoms with E-state index in [0.717, 1.165) is 12.8 Å². The highest BCUT2D eigenvalue weighted by molar-refractivity contribution is 6.25. The molecule has 9 rings (SSSR count). The quantitative estimate of drug-likeness (QED) is 0.146. The molecule has 0 fully saturated rings. The number of rotatable bonds is 2. The molecule has 0 aromatic heterocycles. The van der Waals surface area contributed by atoms with Crippen molar-refractivity contribution >= 4 is 54.5 Å². The molecule has 1 aliphatic heterocycles. The van der Waals surface area contributed by atoms with Gasteiger partial charge in [-0.15, -0.1) is 0 Å². The minimum absolute atomic E-state index is 1.05. The SMILES string of the molecule is Cc1ccc2c(-c3cc4ccccc4c4ccccc34)c3ccccc3c(-c3ccc4c(c3)N(C)c3ccccc3CC4)c2c1. The maximum atomic E-state index is 2.44. The van der Waals surface area contributed by atoms with Gasteiger partial charge in [0.25, 0.3) is 0 Å². The Morgan fingerprint density at radius 3 is 1.89 bits per heavy atom. The second kappa shape index (κ2) is 10.1. The lowest BCUT2D eigenvalue weighted by atomic mass is 9.83. The van der Waals surface area contributed by atoms with Gasteiger partial charge in [0.2, 0.25) is 0 Å². The molecule has 1 heterocycles. The summed E-state index contributed by atoms with van der Waals surface area (Å²) in [7, 11) is 2.22. The van der Waals surface area contributed by atoms with Crippen LogP contribution < -0.4 is 4.90 Å². The predicted molar refractivity (Wildman–Crippen MR) is 194 cm³/mol. The third-order valence-electron chi connectivity index (χ3n) is 9.97. The first kappa shape index (κ1) is 26.0. The molecule has 0 radical (unpaired) electrons. The number of para-hydroxylation sites is 1. The van der Waals surface area contributed by atoms with Gasteiger partial charge in [-0.3, -0.25) is 0 Å². The zero-order chi connectivity index (χ0) is 30.1. The van der Waals surface area contributed by atoms with E-state index >= 15 is 0 Å². The molecule has 0 saturated heterocycles. The van der Waals surface area contributed by atoms with E-state index in [1.54, 1.807) is 0 Å². The highest BCUT2D eigenvalue weighted by Gasteiger charge is 2.22. The Kier molecular flexibility index (Phi) is 5.83. The zero-order valence-electron chi connectivity index (χ0n) is 25.6. The minimum atomic E-state index is 1.05. The molecule has 1 aliphatic rings. The van der Waals surface area contributed by atoms with Gasteiger partial charge in [-0.2, -0.15) is 0 Å². The summed E-state index contributed by atoms with van der Waals surface area (Å²) >= 11 is 0. The fourth-order valence-corrected chi connectivity index (χ4v) is 7.85. The van der Waals surface area contributed by atoms with Crippen LogP contribution in [0.25, 0.3) is 65.3 Å². The van der Waals surface area contributed by atoms with E-state index in [2.05, 4.69) is 158 Å². The Morgan fingerprint density at radius 2 is 1.07 bits per heavy atom. The third-order valence-corrected chi connectivity index (χ3v) is 9.97. The van der Waals surface area contributed by atoms with E-state index in [1.165, 1.54) is 93.4 Å². The zero-order valence-corrected chi connectivity index (χ0v) is 25.6. The molecule has 0 spiro atoms. The van der Waals surface area contributed by atoms with Crippen LogP contribution in [0.1, 0.15) is 16.7 Å². The Morgan fingerprint density at radius 1 is 0.444 bits per heavy atom. The fraction of sp³-hybridized carbons (Fsp3) is 0.0909. The van der Waals surface area contributed by atoms with E-state index < -0.39 is 0 Å². The Balaban J connectivity index is 1.38. The van der Waals surface area contributed by atoms with Crippen LogP contribution in [-0.4, -0.2) is 7.05 Å². The lowest BCUT2D eigenvalue weighted by Gasteiger charge is -2.24. The first-order valence-corrected chi connectivity index (χ1v) is 16.0. The summed E-state index contributed by atoms with van der Waals surface area (Å²) in [6.45, 7) is 2.21. The van der Waals surface area contributed by atoms with Gasteiger partial charge in [0.1, 0.15) is 0 Å². The van der Waals surface area contributed by atoms with Crippen LogP contribution in [-0.2, 0) is 12.8 Å². The van der Waals surface area contributed by atoms with Gasteiger partial charge in [-0.05, 0) is 114 Å². The number of hydrogen-bond acceptors (Lipinski definition) is 1. The van der Waals surface area contributed by atoms with Crippen molar-refractivity contribution in [3.05, 3.63) is 156 Å². The van der Waals surface area contributed by atoms with Crippen molar-refractivity contribution in [1.29, 1.82) is 0 Å². The van der Waals surface area contributed by atoms with Gasteiger partial charge in [-0.25, -0.2) is 0 Å². The lowest BCUT2D eigenvalue weighted by molar-refractivity contribution is 0.978. The molecule has 0 bridgehead atoms. The molecule has 8 aromatic rings. The second-order valence-electron chi connectivity index (χ2n) is 12.6. The van der Waals surface area contributed by atoms with Gasteiger partial charge in [0.15, 0.2) is 0 Å². The summed E-state index contributed by atoms with van der Waals surface area (Å²) in [5, 5.41) is 10.3. The summed E-state index contributed by atoms with van der Waals surface area (Å²) < 4.78 is 0. The van der Waals surface area contributed by atoms with E-state index in [4.69, 9.17) is 0 Å². The molecule has 45 heavy (non-hydrogen) atoms. The van der Waals surface area contributed by atoms with Crippen molar-refractivity contribution in [2.75, 3.05) is 11.9 Å². The number of nitrogens with zero attached hydrogens (tertiary/aromatic N) is 1. The van der Waals surface area contributed by atoms with Crippen LogP contribution in [0.4, 0.5) is 11.4 Å². The second-order valence-corrected chi connectivity index (χ2v) is 12.6. The van der Waals surface area contributed by atoms with E-state index in [9.17, 15) is 0 Å². The number of fused-ring (bicyclic) bond motifs is 7. The van der Waals surface area contributed by atoms with Crippen LogP contribution in [0, 0.1) is 6.92 Å². The first-order valence-electron chi connectivity index (χ1n) is 16.0. The number of hydrogen-bond donors (Lipinski definition) is 0. The molecule has 8 aromatic carbocycles. The molecule has 0 saturated carbocycles. The monoisotopic (exact) mass is 575 g/mol. The number of benzene rings is 8. The van der Waals surface area contributed by atoms with Crippen molar-refractivity contribution in [3.8, 4) is 22.3 Å². The molecule has 214 valence electrons. The Hall–Kier alpha value is -5.40. The van der Waals surface area contributed by atoms with E-state index in [1.807, 2.05) is 0 Å². The van der Waals surface area contributed by atoms with Gasteiger partial charge in [0, 0.05) is 18.4 Å². The van der Waals surface area contributed by atoms with Crippen molar-refractivity contribution in [2.45, 2.75) is 19.8 Å². The molecule has 0 aliphatic carbocycles. The number of anilines is 2. The maximum absolute atomic E-state index is 2.44. The van der Waals surface area contributed by atoms with Crippen molar-refractivity contribution < 1.29 is 0 Å². The molecule has 0 N–H and O–H groups in total. The first-order chi connectivity index (χ1) is 22.2.